The Balaban J connectivity index is 1.78. The minimum atomic E-state index is -1.80. The summed E-state index contributed by atoms with van der Waals surface area (Å²) in [5.74, 6) is -0.312. The van der Waals surface area contributed by atoms with Gasteiger partial charge in [-0.1, -0.05) is 237 Å². The summed E-state index contributed by atoms with van der Waals surface area (Å²) in [6.45, 7) is 2.62. The summed E-state index contributed by atoms with van der Waals surface area (Å²) < 4.78 is 22.8. The van der Waals surface area contributed by atoms with Crippen molar-refractivity contribution in [1.29, 1.82) is 0 Å². The highest BCUT2D eigenvalue weighted by atomic mass is 16.7. The fraction of sp³-hybridized carbons (Fsp3) is 0.671. The Labute approximate surface area is 507 Å². The van der Waals surface area contributed by atoms with Crippen LogP contribution in [0.4, 0.5) is 0 Å². The molecule has 12 unspecified atom stereocenters. The monoisotopic (exact) mass is 1180 g/mol. The van der Waals surface area contributed by atoms with Gasteiger partial charge in [0.1, 0.15) is 48.8 Å². The van der Waals surface area contributed by atoms with Gasteiger partial charge < -0.3 is 65.1 Å². The van der Waals surface area contributed by atoms with Gasteiger partial charge in [0, 0.05) is 6.42 Å². The molecule has 2 rings (SSSR count). The molecule has 2 saturated heterocycles. The van der Waals surface area contributed by atoms with Gasteiger partial charge in [-0.2, -0.15) is 0 Å². The summed E-state index contributed by atoms with van der Waals surface area (Å²) in [4.78, 5) is 13.3. The maximum Gasteiger partial charge on any atom is 0.220 e. The molecule has 14 nitrogen and oxygen atoms in total. The third-order valence-electron chi connectivity index (χ3n) is 14.8. The van der Waals surface area contributed by atoms with Gasteiger partial charge in [0.25, 0.3) is 0 Å². The summed E-state index contributed by atoms with van der Waals surface area (Å²) in [5, 5.41) is 87.2. The van der Waals surface area contributed by atoms with Crippen molar-refractivity contribution in [3.8, 4) is 0 Å². The molecule has 2 heterocycles. The number of hydrogen-bond acceptors (Lipinski definition) is 13. The maximum atomic E-state index is 13.3. The Hall–Kier alpha value is -3.87. The second-order valence-corrected chi connectivity index (χ2v) is 22.1. The minimum Gasteiger partial charge on any atom is -0.394 e. The molecule has 0 spiro atoms. The summed E-state index contributed by atoms with van der Waals surface area (Å²) in [6.07, 6.45) is 62.1. The molecule has 9 N–H and O–H groups in total. The number of allylic oxidation sites excluding steroid dienone is 21. The van der Waals surface area contributed by atoms with Crippen molar-refractivity contribution in [2.75, 3.05) is 19.8 Å². The van der Waals surface area contributed by atoms with Gasteiger partial charge in [-0.25, -0.2) is 0 Å². The van der Waals surface area contributed by atoms with Crippen molar-refractivity contribution < 1.29 is 64.6 Å². The molecule has 0 bridgehead atoms. The van der Waals surface area contributed by atoms with Crippen LogP contribution in [0, 0.1) is 0 Å². The first kappa shape index (κ1) is 76.2. The van der Waals surface area contributed by atoms with Crippen LogP contribution in [-0.4, -0.2) is 140 Å². The number of rotatable bonds is 50. The SMILES string of the molecule is CC/C=C\C/C=C\C/C=C\C/C=C\C/C=C\C/C=C\C/C=C\C/C=C\C/C=C\CCCC(=O)NC(COC1OC(CO)C(OC2OC(CO)C(O)C(O)C2O)C(O)C1O)C(O)/C=C/CC/C=C/CCCCCCCCCCCCCCCCC. The number of nitrogens with one attached hydrogen (secondary N) is 1. The zero-order chi connectivity index (χ0) is 60.9. The van der Waals surface area contributed by atoms with Crippen molar-refractivity contribution in [3.63, 3.8) is 0 Å². The number of amides is 1. The summed E-state index contributed by atoms with van der Waals surface area (Å²) in [6, 6.07) is -0.974. The first-order valence-corrected chi connectivity index (χ1v) is 32.4. The summed E-state index contributed by atoms with van der Waals surface area (Å²) in [5.41, 5.74) is 0. The molecule has 1 amide bonds. The van der Waals surface area contributed by atoms with Gasteiger partial charge >= 0.3 is 0 Å². The number of carbonyl (C=O) groups excluding carboxylic acids is 1. The van der Waals surface area contributed by atoms with Crippen LogP contribution in [0.15, 0.2) is 134 Å². The largest absolute Gasteiger partial charge is 0.394 e. The van der Waals surface area contributed by atoms with Crippen LogP contribution < -0.4 is 5.32 Å². The molecule has 0 aromatic rings. The lowest BCUT2D eigenvalue weighted by Gasteiger charge is -2.46. The van der Waals surface area contributed by atoms with E-state index < -0.39 is 86.8 Å². The molecule has 2 aliphatic rings. The Morgan fingerprint density at radius 2 is 0.833 bits per heavy atom. The molecular weight excluding hydrogens is 1060 g/mol. The van der Waals surface area contributed by atoms with Gasteiger partial charge in [-0.15, -0.1) is 0 Å². The summed E-state index contributed by atoms with van der Waals surface area (Å²) in [7, 11) is 0. The Morgan fingerprint density at radius 3 is 1.31 bits per heavy atom. The number of aliphatic hydroxyl groups is 8. The number of unbranched alkanes of at least 4 members (excludes halogenated alkanes) is 17. The zero-order valence-electron chi connectivity index (χ0n) is 51.6. The van der Waals surface area contributed by atoms with E-state index in [1.807, 2.05) is 12.2 Å². The van der Waals surface area contributed by atoms with Crippen LogP contribution >= 0.6 is 0 Å². The molecule has 0 aromatic carbocycles. The molecule has 2 fully saturated rings. The van der Waals surface area contributed by atoms with Gasteiger partial charge in [-0.05, 0) is 96.3 Å². The Morgan fingerprint density at radius 1 is 0.440 bits per heavy atom. The van der Waals surface area contributed by atoms with Crippen LogP contribution in [0.5, 0.6) is 0 Å². The van der Waals surface area contributed by atoms with Crippen molar-refractivity contribution in [2.24, 2.45) is 0 Å². The number of ether oxygens (including phenoxy) is 4. The zero-order valence-corrected chi connectivity index (χ0v) is 51.6. The lowest BCUT2D eigenvalue weighted by atomic mass is 9.97. The normalized spacial score (nSPS) is 24.6. The van der Waals surface area contributed by atoms with Gasteiger partial charge in [0.15, 0.2) is 12.6 Å². The number of hydrogen-bond donors (Lipinski definition) is 9. The average molecular weight is 1180 g/mol. The molecule has 478 valence electrons. The van der Waals surface area contributed by atoms with E-state index in [2.05, 4.69) is 135 Å². The van der Waals surface area contributed by atoms with E-state index in [0.29, 0.717) is 19.3 Å². The molecule has 0 saturated carbocycles. The highest BCUT2D eigenvalue weighted by Gasteiger charge is 2.51. The minimum absolute atomic E-state index is 0.184. The first-order valence-electron chi connectivity index (χ1n) is 32.4. The highest BCUT2D eigenvalue weighted by Crippen LogP contribution is 2.30. The van der Waals surface area contributed by atoms with E-state index in [1.54, 1.807) is 6.08 Å². The van der Waals surface area contributed by atoms with E-state index in [9.17, 15) is 45.6 Å². The van der Waals surface area contributed by atoms with Crippen LogP contribution in [0.1, 0.15) is 206 Å². The van der Waals surface area contributed by atoms with Crippen molar-refractivity contribution in [2.45, 2.75) is 280 Å². The molecule has 14 heteroatoms. The third-order valence-corrected chi connectivity index (χ3v) is 14.8. The predicted molar refractivity (Wildman–Crippen MR) is 341 cm³/mol. The highest BCUT2D eigenvalue weighted by molar-refractivity contribution is 5.76. The van der Waals surface area contributed by atoms with Crippen molar-refractivity contribution >= 4 is 5.91 Å². The van der Waals surface area contributed by atoms with E-state index in [1.165, 1.54) is 96.3 Å². The molecule has 12 atom stereocenters. The molecule has 0 aromatic heterocycles. The van der Waals surface area contributed by atoms with Gasteiger partial charge in [-0.3, -0.25) is 4.79 Å². The van der Waals surface area contributed by atoms with E-state index >= 15 is 0 Å². The first-order chi connectivity index (χ1) is 41.1. The van der Waals surface area contributed by atoms with Crippen molar-refractivity contribution in [3.05, 3.63) is 134 Å². The Bertz CT molecular complexity index is 1920. The molecular formula is C70H115NO13. The maximum absolute atomic E-state index is 13.3. The van der Waals surface area contributed by atoms with Gasteiger partial charge in [0.2, 0.25) is 5.91 Å². The topological polar surface area (TPSA) is 228 Å². The number of aliphatic hydroxyl groups excluding tert-OH is 8. The second-order valence-electron chi connectivity index (χ2n) is 22.1. The van der Waals surface area contributed by atoms with Crippen LogP contribution in [-0.2, 0) is 23.7 Å². The molecule has 84 heavy (non-hydrogen) atoms. The molecule has 2 aliphatic heterocycles. The second kappa shape index (κ2) is 53.4. The fourth-order valence-electron chi connectivity index (χ4n) is 9.66. The fourth-order valence-corrected chi connectivity index (χ4v) is 9.66. The van der Waals surface area contributed by atoms with Crippen molar-refractivity contribution in [1.82, 2.24) is 5.32 Å². The van der Waals surface area contributed by atoms with Crippen LogP contribution in [0.3, 0.4) is 0 Å². The van der Waals surface area contributed by atoms with Crippen LogP contribution in [0.25, 0.3) is 0 Å². The lowest BCUT2D eigenvalue weighted by Crippen LogP contribution is -2.65. The van der Waals surface area contributed by atoms with E-state index in [-0.39, 0.29) is 18.9 Å². The number of carbonyl (C=O) groups is 1. The standard InChI is InChI=1S/C70H115NO13/c1-3-5-7-9-11-13-15-17-19-21-23-25-26-27-28-29-30-31-32-34-36-38-40-42-44-46-48-50-52-54-62(75)71-58(59(74)53-51-49-47-45-43-41-39-37-35-33-24-22-20-18-16-14-12-10-8-6-4-2)57-81-69-67(80)65(78)68(61(56-73)83-69)84-70-66(79)64(77)63(76)60(55-72)82-70/h5,7,11,13,17,19,23,25,27-28,30-31,34,36,40,42-43,45-46,48,51,53,58-61,63-70,72-74,76-80H,3-4,6,8-10,12,14-16,18,20-22,24,26,29,32-33,35,37-39,41,44,47,49-50,52,54-57H2,1-2H3,(H,71,75)/b7-5-,13-11-,19-17-,25-23-,28-27-,31-30-,36-34-,42-40-,45-43+,48-46-,53-51+. The van der Waals surface area contributed by atoms with E-state index in [4.69, 9.17) is 18.9 Å². The van der Waals surface area contributed by atoms with Gasteiger partial charge in [0.05, 0.1) is 32.0 Å². The molecule has 0 radical (unpaired) electrons. The quantitative estimate of drug-likeness (QED) is 0.0204. The third kappa shape index (κ3) is 37.6. The average Bonchev–Trinajstić information content (AvgIpc) is 3.24. The summed E-state index contributed by atoms with van der Waals surface area (Å²) >= 11 is 0. The smallest absolute Gasteiger partial charge is 0.220 e. The predicted octanol–water partition coefficient (Wildman–Crippen LogP) is 12.3. The Kier molecular flexibility index (Phi) is 48.4. The molecule has 0 aliphatic carbocycles. The van der Waals surface area contributed by atoms with Crippen LogP contribution in [0.2, 0.25) is 0 Å². The lowest BCUT2D eigenvalue weighted by molar-refractivity contribution is -0.359. The van der Waals surface area contributed by atoms with E-state index in [0.717, 1.165) is 70.6 Å².